The zero-order valence-corrected chi connectivity index (χ0v) is 12.8. The highest BCUT2D eigenvalue weighted by molar-refractivity contribution is 5.85. The van der Waals surface area contributed by atoms with Crippen LogP contribution in [0.4, 0.5) is 0 Å². The molecule has 1 aromatic heterocycles. The fourth-order valence-corrected chi connectivity index (χ4v) is 2.14. The Kier molecular flexibility index (Phi) is 4.74. The third-order valence-electron chi connectivity index (χ3n) is 3.02. The molecule has 0 aromatic carbocycles. The van der Waals surface area contributed by atoms with Crippen molar-refractivity contribution in [3.05, 3.63) is 17.6 Å². The number of morpholine rings is 1. The molecule has 7 heteroatoms. The molecule has 1 fully saturated rings. The van der Waals surface area contributed by atoms with Crippen molar-refractivity contribution in [2.45, 2.75) is 32.5 Å². The molecule has 0 spiro atoms. The van der Waals surface area contributed by atoms with Gasteiger partial charge in [-0.25, -0.2) is 9.78 Å². The lowest BCUT2D eigenvalue weighted by Gasteiger charge is -2.36. The van der Waals surface area contributed by atoms with Crippen molar-refractivity contribution < 1.29 is 19.0 Å². The first-order valence-corrected chi connectivity index (χ1v) is 6.85. The first-order valence-electron chi connectivity index (χ1n) is 6.85. The summed E-state index contributed by atoms with van der Waals surface area (Å²) in [5.41, 5.74) is 0.425. The maximum Gasteiger partial charge on any atom is 0.376 e. The Hall–Kier alpha value is -1.73. The summed E-state index contributed by atoms with van der Waals surface area (Å²) in [6.07, 6.45) is -0.0643. The second-order valence-electron chi connectivity index (χ2n) is 5.60. The summed E-state index contributed by atoms with van der Waals surface area (Å²) >= 11 is 0. The van der Waals surface area contributed by atoms with E-state index < -0.39 is 5.97 Å². The van der Waals surface area contributed by atoms with Gasteiger partial charge in [-0.15, -0.1) is 0 Å². The van der Waals surface area contributed by atoms with Gasteiger partial charge in [0, 0.05) is 24.8 Å². The fourth-order valence-electron chi connectivity index (χ4n) is 2.14. The molecule has 116 valence electrons. The summed E-state index contributed by atoms with van der Waals surface area (Å²) in [4.78, 5) is 19.5. The molecule has 7 nitrogen and oxygen atoms in total. The van der Waals surface area contributed by atoms with E-state index in [0.717, 1.165) is 13.1 Å². The number of methoxy groups -OCH3 is 1. The van der Waals surface area contributed by atoms with Crippen molar-refractivity contribution in [1.82, 2.24) is 15.3 Å². The lowest BCUT2D eigenvalue weighted by atomic mass is 10.1. The molecule has 0 amide bonds. The van der Waals surface area contributed by atoms with Crippen LogP contribution in [0.1, 0.15) is 30.2 Å². The van der Waals surface area contributed by atoms with Crippen molar-refractivity contribution >= 4 is 5.97 Å². The molecule has 2 rings (SSSR count). The smallest absolute Gasteiger partial charge is 0.376 e. The van der Waals surface area contributed by atoms with Gasteiger partial charge in [0.2, 0.25) is 11.7 Å². The first-order chi connectivity index (χ1) is 9.89. The number of aryl methyl sites for hydroxylation is 1. The third kappa shape index (κ3) is 4.37. The van der Waals surface area contributed by atoms with Gasteiger partial charge in [0.05, 0.1) is 12.7 Å². The van der Waals surface area contributed by atoms with Gasteiger partial charge in [-0.05, 0) is 20.8 Å². The molecule has 1 unspecified atom stereocenters. The van der Waals surface area contributed by atoms with Crippen LogP contribution in [0, 0.1) is 6.92 Å². The summed E-state index contributed by atoms with van der Waals surface area (Å²) < 4.78 is 16.1. The topological polar surface area (TPSA) is 82.6 Å². The van der Waals surface area contributed by atoms with Crippen LogP contribution >= 0.6 is 0 Å². The maximum atomic E-state index is 11.5. The molecule has 1 N–H and O–H groups in total. The number of carbonyl (C=O) groups excluding carboxylic acids is 1. The number of hydrogen-bond acceptors (Lipinski definition) is 7. The monoisotopic (exact) mass is 295 g/mol. The van der Waals surface area contributed by atoms with Crippen LogP contribution in [0.25, 0.3) is 0 Å². The molecule has 1 saturated heterocycles. The Labute approximate surface area is 124 Å². The number of nitrogens with one attached hydrogen (secondary N) is 1. The molecule has 0 bridgehead atoms. The molecular weight excluding hydrogens is 274 g/mol. The number of aromatic nitrogens is 2. The number of carbonyl (C=O) groups is 1. The SMILES string of the molecule is COC(=O)c1nc(C)cc(OCC2CNCC(C)(C)O2)n1. The van der Waals surface area contributed by atoms with Crippen molar-refractivity contribution in [2.75, 3.05) is 26.8 Å². The Balaban J connectivity index is 2.00. The first kappa shape index (κ1) is 15.7. The number of esters is 1. The maximum absolute atomic E-state index is 11.5. The number of ether oxygens (including phenoxy) is 3. The van der Waals surface area contributed by atoms with E-state index in [-0.39, 0.29) is 17.5 Å². The number of nitrogens with zero attached hydrogens (tertiary/aromatic N) is 2. The van der Waals surface area contributed by atoms with Crippen molar-refractivity contribution in [3.63, 3.8) is 0 Å². The quantitative estimate of drug-likeness (QED) is 0.819. The number of rotatable bonds is 4. The highest BCUT2D eigenvalue weighted by atomic mass is 16.6. The summed E-state index contributed by atoms with van der Waals surface area (Å²) in [6, 6.07) is 1.67. The largest absolute Gasteiger partial charge is 0.475 e. The van der Waals surface area contributed by atoms with E-state index in [1.807, 2.05) is 13.8 Å². The molecule has 2 heterocycles. The molecule has 0 saturated carbocycles. The standard InChI is InChI=1S/C14H21N3O4/c1-9-5-11(17-12(16-9)13(18)19-4)20-7-10-6-15-8-14(2,3)21-10/h5,10,15H,6-8H2,1-4H3. The number of hydrogen-bond donors (Lipinski definition) is 1. The molecule has 1 aliphatic rings. The van der Waals surface area contributed by atoms with Gasteiger partial charge in [-0.3, -0.25) is 0 Å². The summed E-state index contributed by atoms with van der Waals surface area (Å²) in [5.74, 6) is -0.245. The Morgan fingerprint density at radius 2 is 2.29 bits per heavy atom. The van der Waals surface area contributed by atoms with Crippen molar-refractivity contribution in [2.24, 2.45) is 0 Å². The van der Waals surface area contributed by atoms with E-state index in [1.54, 1.807) is 13.0 Å². The van der Waals surface area contributed by atoms with Gasteiger partial charge >= 0.3 is 5.97 Å². The lowest BCUT2D eigenvalue weighted by molar-refractivity contribution is -0.107. The zero-order chi connectivity index (χ0) is 15.5. The van der Waals surface area contributed by atoms with Gasteiger partial charge < -0.3 is 19.5 Å². The average Bonchev–Trinajstić information content (AvgIpc) is 2.42. The molecule has 1 aliphatic heterocycles. The minimum atomic E-state index is -0.583. The van der Waals surface area contributed by atoms with Crippen LogP contribution in [0.5, 0.6) is 5.88 Å². The molecule has 1 aromatic rings. The van der Waals surface area contributed by atoms with Crippen LogP contribution in [-0.2, 0) is 9.47 Å². The highest BCUT2D eigenvalue weighted by Gasteiger charge is 2.28. The molecule has 1 atom stereocenters. The van der Waals surface area contributed by atoms with Crippen LogP contribution in [0.15, 0.2) is 6.07 Å². The summed E-state index contributed by atoms with van der Waals surface area (Å²) in [5, 5.41) is 3.30. The Morgan fingerprint density at radius 1 is 1.52 bits per heavy atom. The van der Waals surface area contributed by atoms with Gasteiger partial charge in [-0.2, -0.15) is 4.98 Å². The molecular formula is C14H21N3O4. The van der Waals surface area contributed by atoms with Crippen LogP contribution in [0.3, 0.4) is 0 Å². The average molecular weight is 295 g/mol. The summed E-state index contributed by atoms with van der Waals surface area (Å²) in [6.45, 7) is 7.70. The third-order valence-corrected chi connectivity index (χ3v) is 3.02. The fraction of sp³-hybridized carbons (Fsp3) is 0.643. The molecule has 0 aliphatic carbocycles. The van der Waals surface area contributed by atoms with Crippen LogP contribution < -0.4 is 10.1 Å². The Bertz CT molecular complexity index is 519. The second kappa shape index (κ2) is 6.36. The van der Waals surface area contributed by atoms with Crippen molar-refractivity contribution in [3.8, 4) is 5.88 Å². The minimum Gasteiger partial charge on any atom is -0.475 e. The van der Waals surface area contributed by atoms with Crippen LogP contribution in [0.2, 0.25) is 0 Å². The van der Waals surface area contributed by atoms with E-state index >= 15 is 0 Å². The van der Waals surface area contributed by atoms with Crippen molar-refractivity contribution in [1.29, 1.82) is 0 Å². The summed E-state index contributed by atoms with van der Waals surface area (Å²) in [7, 11) is 1.29. The zero-order valence-electron chi connectivity index (χ0n) is 12.8. The van der Waals surface area contributed by atoms with Gasteiger partial charge in [0.25, 0.3) is 0 Å². The van der Waals surface area contributed by atoms with Crippen LogP contribution in [-0.4, -0.2) is 54.4 Å². The highest BCUT2D eigenvalue weighted by Crippen LogP contribution is 2.17. The molecule has 0 radical (unpaired) electrons. The van der Waals surface area contributed by atoms with Gasteiger partial charge in [-0.1, -0.05) is 0 Å². The van der Waals surface area contributed by atoms with E-state index in [9.17, 15) is 4.79 Å². The minimum absolute atomic E-state index is 0.00415. The van der Waals surface area contributed by atoms with E-state index in [2.05, 4.69) is 20.0 Å². The normalized spacial score (nSPS) is 20.9. The predicted octanol–water partition coefficient (Wildman–Crippen LogP) is 0.717. The van der Waals surface area contributed by atoms with E-state index in [0.29, 0.717) is 18.2 Å². The van der Waals surface area contributed by atoms with E-state index in [4.69, 9.17) is 9.47 Å². The molecule has 21 heavy (non-hydrogen) atoms. The van der Waals surface area contributed by atoms with E-state index in [1.165, 1.54) is 7.11 Å². The van der Waals surface area contributed by atoms with Gasteiger partial charge in [0.15, 0.2) is 0 Å². The van der Waals surface area contributed by atoms with Gasteiger partial charge in [0.1, 0.15) is 12.7 Å². The predicted molar refractivity (Wildman–Crippen MR) is 75.4 cm³/mol. The second-order valence-corrected chi connectivity index (χ2v) is 5.60. The Morgan fingerprint density at radius 3 is 2.95 bits per heavy atom. The lowest BCUT2D eigenvalue weighted by Crippen LogP contribution is -2.52.